The van der Waals surface area contributed by atoms with Gasteiger partial charge in [-0.1, -0.05) is 37.5 Å². The Hall–Kier alpha value is -1.82. The Kier molecular flexibility index (Phi) is 5.47. The summed E-state index contributed by atoms with van der Waals surface area (Å²) in [5.41, 5.74) is 1.54. The number of carbonyl (C=O) groups excluding carboxylic acids is 1. The van der Waals surface area contributed by atoms with Crippen LogP contribution in [0.1, 0.15) is 70.4 Å². The zero-order valence-electron chi connectivity index (χ0n) is 14.5. The third-order valence-corrected chi connectivity index (χ3v) is 5.78. The van der Waals surface area contributed by atoms with Crippen molar-refractivity contribution in [1.29, 1.82) is 0 Å². The van der Waals surface area contributed by atoms with Crippen LogP contribution in [-0.2, 0) is 0 Å². The lowest BCUT2D eigenvalue weighted by Crippen LogP contribution is -2.28. The van der Waals surface area contributed by atoms with E-state index in [-0.39, 0.29) is 4.88 Å². The number of alkyl halides is 2. The summed E-state index contributed by atoms with van der Waals surface area (Å²) in [7, 11) is 1.66. The molecule has 3 nitrogen and oxygen atoms in total. The van der Waals surface area contributed by atoms with E-state index in [9.17, 15) is 13.6 Å². The monoisotopic (exact) mass is 364 g/mol. The minimum absolute atomic E-state index is 0.0356. The highest BCUT2D eigenvalue weighted by Crippen LogP contribution is 2.38. The van der Waals surface area contributed by atoms with Gasteiger partial charge in [-0.25, -0.2) is 13.8 Å². The Balaban J connectivity index is 1.93. The molecule has 1 aromatic heterocycles. The Morgan fingerprint density at radius 2 is 1.92 bits per heavy atom. The van der Waals surface area contributed by atoms with Crippen molar-refractivity contribution in [2.45, 2.75) is 51.4 Å². The lowest BCUT2D eigenvalue weighted by atomic mass is 9.83. The molecular formula is C19H22F2N2OS. The zero-order valence-corrected chi connectivity index (χ0v) is 15.3. The summed E-state index contributed by atoms with van der Waals surface area (Å²) >= 11 is 1.03. The fraction of sp³-hybridized carbons (Fsp3) is 0.474. The maximum Gasteiger partial charge on any atom is 0.282 e. The van der Waals surface area contributed by atoms with Gasteiger partial charge in [0.2, 0.25) is 0 Å². The van der Waals surface area contributed by atoms with Crippen LogP contribution in [0.2, 0.25) is 0 Å². The van der Waals surface area contributed by atoms with Gasteiger partial charge in [-0.15, -0.1) is 11.3 Å². The summed E-state index contributed by atoms with van der Waals surface area (Å²) in [6.45, 7) is 1.64. The van der Waals surface area contributed by atoms with Crippen LogP contribution in [0.15, 0.2) is 24.3 Å². The number of aryl methyl sites for hydroxylation is 1. The van der Waals surface area contributed by atoms with Gasteiger partial charge in [-0.3, -0.25) is 4.79 Å². The first-order chi connectivity index (χ1) is 12.0. The van der Waals surface area contributed by atoms with Crippen LogP contribution in [0.3, 0.4) is 0 Å². The molecule has 3 rings (SSSR count). The topological polar surface area (TPSA) is 33.2 Å². The van der Waals surface area contributed by atoms with Gasteiger partial charge in [0, 0.05) is 12.7 Å². The highest BCUT2D eigenvalue weighted by Gasteiger charge is 2.28. The third kappa shape index (κ3) is 3.73. The van der Waals surface area contributed by atoms with E-state index in [0.717, 1.165) is 35.4 Å². The van der Waals surface area contributed by atoms with Gasteiger partial charge in [0.25, 0.3) is 12.3 Å². The van der Waals surface area contributed by atoms with E-state index in [2.05, 4.69) is 11.1 Å². The van der Waals surface area contributed by atoms with Crippen LogP contribution in [0.5, 0.6) is 0 Å². The van der Waals surface area contributed by atoms with Crippen molar-refractivity contribution in [1.82, 2.24) is 4.98 Å². The predicted octanol–water partition coefficient (Wildman–Crippen LogP) is 5.71. The molecule has 1 amide bonds. The summed E-state index contributed by atoms with van der Waals surface area (Å²) in [4.78, 5) is 18.3. The first-order valence-electron chi connectivity index (χ1n) is 8.61. The van der Waals surface area contributed by atoms with Crippen molar-refractivity contribution in [2.75, 3.05) is 11.9 Å². The van der Waals surface area contributed by atoms with Crippen molar-refractivity contribution in [3.05, 3.63) is 45.4 Å². The van der Waals surface area contributed by atoms with Gasteiger partial charge in [-0.05, 0) is 37.3 Å². The molecule has 0 atom stereocenters. The van der Waals surface area contributed by atoms with E-state index in [0.29, 0.717) is 10.9 Å². The largest absolute Gasteiger partial charge is 0.310 e. The molecule has 0 radical (unpaired) electrons. The normalized spacial score (nSPS) is 15.6. The number of halogens is 2. The van der Waals surface area contributed by atoms with E-state index in [4.69, 9.17) is 0 Å². The average molecular weight is 364 g/mol. The Morgan fingerprint density at radius 3 is 2.60 bits per heavy atom. The van der Waals surface area contributed by atoms with E-state index in [1.807, 2.05) is 18.2 Å². The Morgan fingerprint density at radius 1 is 1.24 bits per heavy atom. The number of anilines is 1. The molecule has 1 aliphatic carbocycles. The highest BCUT2D eigenvalue weighted by atomic mass is 32.1. The van der Waals surface area contributed by atoms with Crippen molar-refractivity contribution in [3.8, 4) is 0 Å². The summed E-state index contributed by atoms with van der Waals surface area (Å²) in [5.74, 6) is 0.0159. The lowest BCUT2D eigenvalue weighted by molar-refractivity contribution is 0.0981. The maximum absolute atomic E-state index is 13.2. The van der Waals surface area contributed by atoms with Gasteiger partial charge in [0.1, 0.15) is 10.6 Å². The number of carbonyl (C=O) groups is 1. The standard InChI is InChI=1S/C19H22F2N2OS/c1-12-22-16(18(20)21)17(25-12)19(24)23(2)15-11-7-6-10-14(15)13-8-4-3-5-9-13/h6-7,10-11,13,18H,3-5,8-9H2,1-2H3. The summed E-state index contributed by atoms with van der Waals surface area (Å²) in [6, 6.07) is 7.82. The number of benzene rings is 1. The number of hydrogen-bond acceptors (Lipinski definition) is 3. The molecule has 2 aromatic rings. The minimum Gasteiger partial charge on any atom is -0.310 e. The summed E-state index contributed by atoms with van der Waals surface area (Å²) < 4.78 is 26.4. The molecule has 0 spiro atoms. The molecule has 0 N–H and O–H groups in total. The zero-order chi connectivity index (χ0) is 18.0. The van der Waals surface area contributed by atoms with Gasteiger partial charge >= 0.3 is 0 Å². The van der Waals surface area contributed by atoms with E-state index in [1.54, 1.807) is 14.0 Å². The number of thiazole rings is 1. The highest BCUT2D eigenvalue weighted by molar-refractivity contribution is 7.13. The van der Waals surface area contributed by atoms with Gasteiger partial charge < -0.3 is 4.90 Å². The number of hydrogen-bond donors (Lipinski definition) is 0. The van der Waals surface area contributed by atoms with Gasteiger partial charge in [-0.2, -0.15) is 0 Å². The number of para-hydroxylation sites is 1. The SMILES string of the molecule is Cc1nc(C(F)F)c(C(=O)N(C)c2ccccc2C2CCCCC2)s1. The molecule has 1 aromatic carbocycles. The maximum atomic E-state index is 13.2. The molecule has 0 saturated heterocycles. The van der Waals surface area contributed by atoms with Gasteiger partial charge in [0.05, 0.1) is 5.01 Å². The Bertz CT molecular complexity index is 754. The molecule has 6 heteroatoms. The molecule has 25 heavy (non-hydrogen) atoms. The first kappa shape index (κ1) is 18.0. The average Bonchev–Trinajstić information content (AvgIpc) is 3.03. The molecule has 134 valence electrons. The summed E-state index contributed by atoms with van der Waals surface area (Å²) in [5, 5.41) is 0.479. The second kappa shape index (κ2) is 7.60. The third-order valence-electron chi connectivity index (χ3n) is 4.81. The molecule has 0 aliphatic heterocycles. The lowest BCUT2D eigenvalue weighted by Gasteiger charge is -2.27. The van der Waals surface area contributed by atoms with Crippen molar-refractivity contribution in [2.24, 2.45) is 0 Å². The molecule has 1 saturated carbocycles. The number of amides is 1. The summed E-state index contributed by atoms with van der Waals surface area (Å²) in [6.07, 6.45) is 3.12. The smallest absolute Gasteiger partial charge is 0.282 e. The second-order valence-electron chi connectivity index (χ2n) is 6.51. The van der Waals surface area contributed by atoms with Gasteiger partial charge in [0.15, 0.2) is 0 Å². The minimum atomic E-state index is -2.74. The van der Waals surface area contributed by atoms with Crippen LogP contribution < -0.4 is 4.90 Å². The van der Waals surface area contributed by atoms with E-state index < -0.39 is 18.0 Å². The number of nitrogens with zero attached hydrogens (tertiary/aromatic N) is 2. The van der Waals surface area contributed by atoms with Crippen LogP contribution in [0, 0.1) is 6.92 Å². The van der Waals surface area contributed by atoms with Crippen LogP contribution in [0.4, 0.5) is 14.5 Å². The number of rotatable bonds is 4. The fourth-order valence-corrected chi connectivity index (χ4v) is 4.46. The molecule has 0 bridgehead atoms. The van der Waals surface area contributed by atoms with Crippen LogP contribution in [-0.4, -0.2) is 17.9 Å². The number of aromatic nitrogens is 1. The molecule has 0 unspecified atom stereocenters. The van der Waals surface area contributed by atoms with E-state index in [1.165, 1.54) is 24.2 Å². The molecule has 1 aliphatic rings. The quantitative estimate of drug-likeness (QED) is 0.696. The molecular weight excluding hydrogens is 342 g/mol. The van der Waals surface area contributed by atoms with E-state index >= 15 is 0 Å². The fourth-order valence-electron chi connectivity index (χ4n) is 3.56. The van der Waals surface area contributed by atoms with Crippen molar-refractivity contribution >= 4 is 22.9 Å². The first-order valence-corrected chi connectivity index (χ1v) is 9.43. The van der Waals surface area contributed by atoms with Crippen LogP contribution >= 0.6 is 11.3 Å². The van der Waals surface area contributed by atoms with Crippen molar-refractivity contribution in [3.63, 3.8) is 0 Å². The second-order valence-corrected chi connectivity index (χ2v) is 7.71. The van der Waals surface area contributed by atoms with Crippen molar-refractivity contribution < 1.29 is 13.6 Å². The molecule has 1 fully saturated rings. The Labute approximate surface area is 150 Å². The predicted molar refractivity (Wildman–Crippen MR) is 96.8 cm³/mol. The molecule has 1 heterocycles. The van der Waals surface area contributed by atoms with Crippen LogP contribution in [0.25, 0.3) is 0 Å².